The van der Waals surface area contributed by atoms with Crippen LogP contribution in [0.2, 0.25) is 0 Å². The molecule has 9 heteroatoms. The van der Waals surface area contributed by atoms with Gasteiger partial charge in [-0.1, -0.05) is 6.07 Å². The second-order valence-electron chi connectivity index (χ2n) is 8.30. The lowest BCUT2D eigenvalue weighted by atomic mass is 9.49. The topological polar surface area (TPSA) is 145 Å². The van der Waals surface area contributed by atoms with E-state index in [4.69, 9.17) is 24.5 Å². The van der Waals surface area contributed by atoms with Gasteiger partial charge in [-0.25, -0.2) is 0 Å². The second-order valence-corrected chi connectivity index (χ2v) is 8.30. The Hall–Kier alpha value is -2.65. The van der Waals surface area contributed by atoms with Crippen molar-refractivity contribution in [3.8, 4) is 11.5 Å². The van der Waals surface area contributed by atoms with Crippen molar-refractivity contribution in [2.75, 3.05) is 13.6 Å². The normalized spacial score (nSPS) is 32.5. The van der Waals surface area contributed by atoms with Crippen LogP contribution in [0, 0.1) is 0 Å². The third-order valence-electron chi connectivity index (χ3n) is 6.53. The van der Waals surface area contributed by atoms with Gasteiger partial charge >= 0.3 is 0 Å². The summed E-state index contributed by atoms with van der Waals surface area (Å²) in [7, 11) is 2.04. The number of carboxylic acids is 2. The predicted molar refractivity (Wildman–Crippen MR) is 105 cm³/mol. The number of likely N-dealkylation sites (N-methyl/N-ethyl adjacent to an activating group) is 1. The van der Waals surface area contributed by atoms with Gasteiger partial charge in [-0.05, 0) is 44.5 Å². The molecule has 1 aromatic rings. The Labute approximate surface area is 173 Å². The van der Waals surface area contributed by atoms with E-state index >= 15 is 0 Å². The minimum Gasteiger partial charge on any atom is -0.504 e. The molecule has 2 aliphatic heterocycles. The molecule has 4 aliphatic rings. The number of nitrogens with zero attached hydrogens (tertiary/aromatic N) is 1. The number of aliphatic carboxylic acids is 2. The smallest absolute Gasteiger partial charge is 0.300 e. The summed E-state index contributed by atoms with van der Waals surface area (Å²) >= 11 is 0. The molecule has 2 aliphatic carbocycles. The molecular formula is C21H27NO8. The number of rotatable bonds is 0. The van der Waals surface area contributed by atoms with Crippen molar-refractivity contribution in [3.05, 3.63) is 23.3 Å². The lowest BCUT2D eigenvalue weighted by molar-refractivity contribution is -0.185. The van der Waals surface area contributed by atoms with Crippen LogP contribution in [0.1, 0.15) is 44.2 Å². The van der Waals surface area contributed by atoms with Crippen molar-refractivity contribution < 1.29 is 39.5 Å². The van der Waals surface area contributed by atoms with Crippen LogP contribution in [-0.4, -0.2) is 74.4 Å². The average Bonchev–Trinajstić information content (AvgIpc) is 2.98. The van der Waals surface area contributed by atoms with Crippen LogP contribution in [0.15, 0.2) is 12.1 Å². The minimum atomic E-state index is -0.954. The number of Topliss-reactive ketones (excluding diaryl/α,β-unsaturated/α-hetero) is 1. The van der Waals surface area contributed by atoms with Gasteiger partial charge in [0.2, 0.25) is 0 Å². The van der Waals surface area contributed by atoms with Crippen molar-refractivity contribution in [1.82, 2.24) is 4.90 Å². The number of hydrogen-bond donors (Lipinski definition) is 4. The van der Waals surface area contributed by atoms with Gasteiger partial charge in [0.1, 0.15) is 0 Å². The average molecular weight is 421 g/mol. The molecule has 1 saturated heterocycles. The van der Waals surface area contributed by atoms with Gasteiger partial charge in [-0.3, -0.25) is 14.4 Å². The summed E-state index contributed by atoms with van der Waals surface area (Å²) in [6.07, 6.45) is 1.61. The summed E-state index contributed by atoms with van der Waals surface area (Å²) in [5.41, 5.74) is 0.370. The Morgan fingerprint density at radius 2 is 1.77 bits per heavy atom. The van der Waals surface area contributed by atoms with E-state index in [1.54, 1.807) is 6.07 Å². The molecule has 9 nitrogen and oxygen atoms in total. The first-order valence-corrected chi connectivity index (χ1v) is 9.82. The maximum Gasteiger partial charge on any atom is 0.300 e. The van der Waals surface area contributed by atoms with E-state index in [9.17, 15) is 15.0 Å². The second kappa shape index (κ2) is 7.55. The number of phenols is 1. The van der Waals surface area contributed by atoms with Gasteiger partial charge in [0.15, 0.2) is 23.4 Å². The Balaban J connectivity index is 0.000000278. The Morgan fingerprint density at radius 3 is 2.37 bits per heavy atom. The lowest BCUT2D eigenvalue weighted by Gasteiger charge is -2.61. The maximum absolute atomic E-state index is 12.5. The fraction of sp³-hybridized carbons (Fsp3) is 0.571. The quantitative estimate of drug-likeness (QED) is 0.481. The number of ketones is 1. The molecular weight excluding hydrogens is 394 g/mol. The number of aromatic hydroxyl groups is 1. The van der Waals surface area contributed by atoms with Gasteiger partial charge < -0.3 is 30.1 Å². The van der Waals surface area contributed by atoms with Crippen molar-refractivity contribution in [2.24, 2.45) is 0 Å². The van der Waals surface area contributed by atoms with Gasteiger partial charge in [0.05, 0.1) is 11.0 Å². The summed E-state index contributed by atoms with van der Waals surface area (Å²) in [6, 6.07) is 3.57. The highest BCUT2D eigenvalue weighted by atomic mass is 16.5. The zero-order valence-corrected chi connectivity index (χ0v) is 17.2. The highest BCUT2D eigenvalue weighted by Gasteiger charge is 2.72. The first kappa shape index (κ1) is 22.0. The highest BCUT2D eigenvalue weighted by Crippen LogP contribution is 2.64. The molecule has 0 amide bonds. The molecule has 2 heterocycles. The van der Waals surface area contributed by atoms with Gasteiger partial charge in [-0.2, -0.15) is 0 Å². The molecule has 164 valence electrons. The fourth-order valence-electron chi connectivity index (χ4n) is 5.54. The molecule has 1 aromatic carbocycles. The lowest BCUT2D eigenvalue weighted by Crippen LogP contribution is -2.76. The number of piperidine rings is 1. The van der Waals surface area contributed by atoms with E-state index in [1.165, 1.54) is 0 Å². The Kier molecular flexibility index (Phi) is 5.55. The molecule has 0 radical (unpaired) electrons. The van der Waals surface area contributed by atoms with Crippen LogP contribution in [0.5, 0.6) is 11.5 Å². The van der Waals surface area contributed by atoms with Crippen molar-refractivity contribution >= 4 is 17.7 Å². The number of carboxylic acid groups (broad SMARTS) is 2. The summed E-state index contributed by atoms with van der Waals surface area (Å²) in [4.78, 5) is 32.7. The summed E-state index contributed by atoms with van der Waals surface area (Å²) in [5, 5.41) is 36.7. The first-order chi connectivity index (χ1) is 14.0. The van der Waals surface area contributed by atoms with E-state index in [-0.39, 0.29) is 17.6 Å². The third-order valence-corrected chi connectivity index (χ3v) is 6.53. The van der Waals surface area contributed by atoms with Crippen molar-refractivity contribution in [2.45, 2.75) is 62.7 Å². The molecule has 1 spiro atoms. The molecule has 0 unspecified atom stereocenters. The number of phenolic OH excluding ortho intramolecular Hbond substituents is 1. The highest BCUT2D eigenvalue weighted by molar-refractivity contribution is 5.90. The zero-order valence-electron chi connectivity index (χ0n) is 17.2. The summed E-state index contributed by atoms with van der Waals surface area (Å²) in [6.45, 7) is 2.99. The molecule has 5 rings (SSSR count). The van der Waals surface area contributed by atoms with Crippen LogP contribution in [0.25, 0.3) is 0 Å². The fourth-order valence-corrected chi connectivity index (χ4v) is 5.54. The molecule has 30 heavy (non-hydrogen) atoms. The first-order valence-electron chi connectivity index (χ1n) is 9.82. The summed E-state index contributed by atoms with van der Waals surface area (Å²) in [5.74, 6) is -1.11. The third kappa shape index (κ3) is 3.13. The van der Waals surface area contributed by atoms with Crippen molar-refractivity contribution in [1.29, 1.82) is 0 Å². The largest absolute Gasteiger partial charge is 0.504 e. The molecule has 0 aromatic heterocycles. The number of hydrogen-bond acceptors (Lipinski definition) is 7. The van der Waals surface area contributed by atoms with Crippen LogP contribution in [0.4, 0.5) is 0 Å². The number of carbonyl (C=O) groups excluding carboxylic acids is 1. The molecule has 2 fully saturated rings. The predicted octanol–water partition coefficient (Wildman–Crippen LogP) is 0.927. The van der Waals surface area contributed by atoms with E-state index in [0.29, 0.717) is 25.0 Å². The molecule has 4 atom stereocenters. The van der Waals surface area contributed by atoms with Gasteiger partial charge in [0, 0.05) is 31.9 Å². The van der Waals surface area contributed by atoms with Crippen LogP contribution in [-0.2, 0) is 26.2 Å². The van der Waals surface area contributed by atoms with E-state index in [2.05, 4.69) is 4.90 Å². The number of aliphatic hydroxyl groups is 1. The minimum absolute atomic E-state index is 0.00319. The SMILES string of the molecule is CC(=O)O.CC(=O)O.CN1CC[C@]23c4c5ccc(O)c4O[C@H]2C(=O)CC[C@@]3(O)[C@H]1C5. The molecule has 1 saturated carbocycles. The van der Waals surface area contributed by atoms with E-state index in [1.807, 2.05) is 13.1 Å². The van der Waals surface area contributed by atoms with E-state index in [0.717, 1.165) is 37.9 Å². The van der Waals surface area contributed by atoms with Crippen LogP contribution < -0.4 is 4.74 Å². The van der Waals surface area contributed by atoms with Gasteiger partial charge in [0.25, 0.3) is 11.9 Å². The monoisotopic (exact) mass is 421 g/mol. The van der Waals surface area contributed by atoms with Crippen molar-refractivity contribution in [3.63, 3.8) is 0 Å². The summed E-state index contributed by atoms with van der Waals surface area (Å²) < 4.78 is 5.94. The van der Waals surface area contributed by atoms with Crippen LogP contribution >= 0.6 is 0 Å². The standard InChI is InChI=1S/C17H19NO4.2C2H4O2/c1-18-7-6-16-13-9-2-3-10(19)14(13)22-15(16)11(20)4-5-17(16,21)12(18)8-9;2*1-2(3)4/h2-3,12,15,19,21H,4-8H2,1H3;2*1H3,(H,3,4)/t12-,15+,16+,17-;;/m1../s1. The zero-order chi connectivity index (χ0) is 22.4. The van der Waals surface area contributed by atoms with E-state index < -0.39 is 29.1 Å². The van der Waals surface area contributed by atoms with Crippen LogP contribution in [0.3, 0.4) is 0 Å². The maximum atomic E-state index is 12.5. The molecule has 4 N–H and O–H groups in total. The number of carbonyl (C=O) groups is 3. The Morgan fingerprint density at radius 1 is 1.17 bits per heavy atom. The molecule has 2 bridgehead atoms. The number of benzene rings is 1. The number of ether oxygens (including phenoxy) is 1. The van der Waals surface area contributed by atoms with Gasteiger partial charge in [-0.15, -0.1) is 0 Å². The number of likely N-dealkylation sites (tertiary alicyclic amines) is 1. The Bertz CT molecular complexity index is 879.